The van der Waals surface area contributed by atoms with Gasteiger partial charge in [0, 0.05) is 11.8 Å². The maximum atomic E-state index is 12.3. The number of ketones is 1. The number of phenolic OH excluding ortho intramolecular Hbond substituents is 1. The van der Waals surface area contributed by atoms with Crippen molar-refractivity contribution in [1.82, 2.24) is 0 Å². The van der Waals surface area contributed by atoms with Crippen molar-refractivity contribution < 1.29 is 14.6 Å². The number of para-hydroxylation sites is 1. The highest BCUT2D eigenvalue weighted by molar-refractivity contribution is 6.08. The van der Waals surface area contributed by atoms with Crippen molar-refractivity contribution in [2.75, 3.05) is 5.73 Å². The summed E-state index contributed by atoms with van der Waals surface area (Å²) in [5, 5.41) is 10.2. The Morgan fingerprint density at radius 3 is 2.46 bits per heavy atom. The van der Waals surface area contributed by atoms with Gasteiger partial charge in [-0.1, -0.05) is 48.5 Å². The van der Waals surface area contributed by atoms with Crippen LogP contribution in [0.25, 0.3) is 6.08 Å². The molecule has 0 spiro atoms. The first kappa shape index (κ1) is 17.3. The van der Waals surface area contributed by atoms with Gasteiger partial charge in [-0.15, -0.1) is 0 Å². The van der Waals surface area contributed by atoms with Gasteiger partial charge in [0.05, 0.1) is 5.56 Å². The number of anilines is 1. The standard InChI is InChI=1S/C22H19NO3/c23-20-9-5-4-8-17(20)10-13-21(24)19-12-11-18(14-22(19)25)26-15-16-6-2-1-3-7-16/h1-14,25H,15,23H2/b13-10+. The van der Waals surface area contributed by atoms with Gasteiger partial charge in [-0.2, -0.15) is 0 Å². The molecular weight excluding hydrogens is 326 g/mol. The van der Waals surface area contributed by atoms with Crippen molar-refractivity contribution in [3.05, 3.63) is 95.6 Å². The highest BCUT2D eigenvalue weighted by Crippen LogP contribution is 2.25. The van der Waals surface area contributed by atoms with E-state index in [0.29, 0.717) is 18.0 Å². The largest absolute Gasteiger partial charge is 0.507 e. The Balaban J connectivity index is 1.69. The van der Waals surface area contributed by atoms with Crippen LogP contribution in [-0.4, -0.2) is 10.9 Å². The molecule has 130 valence electrons. The second kappa shape index (κ2) is 8.03. The number of nitrogens with two attached hydrogens (primary N) is 1. The van der Waals surface area contributed by atoms with Gasteiger partial charge in [0.15, 0.2) is 5.78 Å². The third-order valence-electron chi connectivity index (χ3n) is 3.89. The molecule has 0 atom stereocenters. The second-order valence-electron chi connectivity index (χ2n) is 5.78. The summed E-state index contributed by atoms with van der Waals surface area (Å²) in [5.74, 6) is 0.0748. The predicted molar refractivity (Wildman–Crippen MR) is 103 cm³/mol. The third kappa shape index (κ3) is 4.30. The maximum Gasteiger partial charge on any atom is 0.189 e. The van der Waals surface area contributed by atoms with Crippen LogP contribution in [0.15, 0.2) is 78.9 Å². The summed E-state index contributed by atoms with van der Waals surface area (Å²) < 4.78 is 5.65. The third-order valence-corrected chi connectivity index (χ3v) is 3.89. The lowest BCUT2D eigenvalue weighted by molar-refractivity contribution is 0.104. The molecule has 0 unspecified atom stereocenters. The lowest BCUT2D eigenvalue weighted by atomic mass is 10.1. The monoisotopic (exact) mass is 345 g/mol. The summed E-state index contributed by atoms with van der Waals surface area (Å²) in [6, 6.07) is 21.6. The van der Waals surface area contributed by atoms with Crippen LogP contribution in [0.2, 0.25) is 0 Å². The molecule has 0 fully saturated rings. The normalized spacial score (nSPS) is 10.8. The Hall–Kier alpha value is -3.53. The summed E-state index contributed by atoms with van der Waals surface area (Å²) in [5.41, 5.74) is 8.42. The van der Waals surface area contributed by atoms with Crippen LogP contribution >= 0.6 is 0 Å². The van der Waals surface area contributed by atoms with Crippen molar-refractivity contribution in [2.45, 2.75) is 6.61 Å². The van der Waals surface area contributed by atoms with Crippen molar-refractivity contribution in [2.24, 2.45) is 0 Å². The number of ether oxygens (including phenoxy) is 1. The molecule has 0 heterocycles. The first-order valence-electron chi connectivity index (χ1n) is 8.20. The van der Waals surface area contributed by atoms with Crippen molar-refractivity contribution in [1.29, 1.82) is 0 Å². The zero-order valence-corrected chi connectivity index (χ0v) is 14.1. The highest BCUT2D eigenvalue weighted by Gasteiger charge is 2.10. The highest BCUT2D eigenvalue weighted by atomic mass is 16.5. The molecule has 0 aromatic heterocycles. The van der Waals surface area contributed by atoms with Crippen molar-refractivity contribution in [3.8, 4) is 11.5 Å². The van der Waals surface area contributed by atoms with E-state index >= 15 is 0 Å². The van der Waals surface area contributed by atoms with E-state index in [2.05, 4.69) is 0 Å². The molecule has 0 radical (unpaired) electrons. The van der Waals surface area contributed by atoms with Gasteiger partial charge < -0.3 is 15.6 Å². The van der Waals surface area contributed by atoms with Gasteiger partial charge in [0.1, 0.15) is 18.1 Å². The van der Waals surface area contributed by atoms with Gasteiger partial charge in [0.25, 0.3) is 0 Å². The lowest BCUT2D eigenvalue weighted by Gasteiger charge is -2.08. The first-order chi connectivity index (χ1) is 12.6. The Morgan fingerprint density at radius 2 is 1.73 bits per heavy atom. The van der Waals surface area contributed by atoms with Crippen LogP contribution in [0.3, 0.4) is 0 Å². The summed E-state index contributed by atoms with van der Waals surface area (Å²) in [6.07, 6.45) is 3.03. The SMILES string of the molecule is Nc1ccccc1/C=C/C(=O)c1ccc(OCc2ccccc2)cc1O. The summed E-state index contributed by atoms with van der Waals surface area (Å²) in [4.78, 5) is 12.3. The van der Waals surface area contributed by atoms with Crippen LogP contribution in [-0.2, 0) is 6.61 Å². The fourth-order valence-electron chi connectivity index (χ4n) is 2.47. The van der Waals surface area contributed by atoms with Crippen LogP contribution in [0.5, 0.6) is 11.5 Å². The zero-order valence-electron chi connectivity index (χ0n) is 14.1. The smallest absolute Gasteiger partial charge is 0.189 e. The number of allylic oxidation sites excluding steroid dienone is 1. The number of rotatable bonds is 6. The molecular formula is C22H19NO3. The first-order valence-corrected chi connectivity index (χ1v) is 8.20. The minimum Gasteiger partial charge on any atom is -0.507 e. The number of hydrogen-bond acceptors (Lipinski definition) is 4. The van der Waals surface area contributed by atoms with Crippen molar-refractivity contribution >= 4 is 17.5 Å². The van der Waals surface area contributed by atoms with E-state index < -0.39 is 0 Å². The summed E-state index contributed by atoms with van der Waals surface area (Å²) >= 11 is 0. The molecule has 0 aliphatic rings. The van der Waals surface area contributed by atoms with Gasteiger partial charge in [0.2, 0.25) is 0 Å². The minimum atomic E-state index is -0.305. The molecule has 3 N–H and O–H groups in total. The van der Waals surface area contributed by atoms with Gasteiger partial charge in [-0.05, 0) is 41.5 Å². The lowest BCUT2D eigenvalue weighted by Crippen LogP contribution is -1.98. The number of nitrogen functional groups attached to an aromatic ring is 1. The molecule has 0 amide bonds. The topological polar surface area (TPSA) is 72.6 Å². The second-order valence-corrected chi connectivity index (χ2v) is 5.78. The zero-order chi connectivity index (χ0) is 18.4. The minimum absolute atomic E-state index is 0.119. The van der Waals surface area contributed by atoms with E-state index in [-0.39, 0.29) is 17.1 Å². The number of phenols is 1. The molecule has 3 rings (SSSR count). The van der Waals surface area contributed by atoms with Gasteiger partial charge in [-0.3, -0.25) is 4.79 Å². The quantitative estimate of drug-likeness (QED) is 0.393. The molecule has 4 nitrogen and oxygen atoms in total. The van der Waals surface area contributed by atoms with E-state index in [1.54, 1.807) is 24.3 Å². The molecule has 0 saturated carbocycles. The average Bonchev–Trinajstić information content (AvgIpc) is 2.66. The molecule has 4 heteroatoms. The number of hydrogen-bond donors (Lipinski definition) is 2. The molecule has 0 aliphatic carbocycles. The number of carbonyl (C=O) groups is 1. The average molecular weight is 345 g/mol. The Kier molecular flexibility index (Phi) is 5.34. The Bertz CT molecular complexity index is 933. The van der Waals surface area contributed by atoms with Crippen LogP contribution in [0.4, 0.5) is 5.69 Å². The fraction of sp³-hybridized carbons (Fsp3) is 0.0455. The molecule has 0 saturated heterocycles. The summed E-state index contributed by atoms with van der Waals surface area (Å²) in [7, 11) is 0. The molecule has 3 aromatic rings. The van der Waals surface area contributed by atoms with Crippen LogP contribution in [0, 0.1) is 0 Å². The Morgan fingerprint density at radius 1 is 1.00 bits per heavy atom. The fourth-order valence-corrected chi connectivity index (χ4v) is 2.47. The molecule has 26 heavy (non-hydrogen) atoms. The molecule has 0 aliphatic heterocycles. The molecule has 3 aromatic carbocycles. The Labute approximate surface area is 152 Å². The van der Waals surface area contributed by atoms with Crippen LogP contribution in [0.1, 0.15) is 21.5 Å². The number of carbonyl (C=O) groups excluding carboxylic acids is 1. The van der Waals surface area contributed by atoms with E-state index in [9.17, 15) is 9.90 Å². The van der Waals surface area contributed by atoms with Gasteiger partial charge in [-0.25, -0.2) is 0 Å². The van der Waals surface area contributed by atoms with Gasteiger partial charge >= 0.3 is 0 Å². The van der Waals surface area contributed by atoms with E-state index in [1.165, 1.54) is 12.1 Å². The predicted octanol–water partition coefficient (Wildman–Crippen LogP) is 4.45. The maximum absolute atomic E-state index is 12.3. The van der Waals surface area contributed by atoms with E-state index in [0.717, 1.165) is 11.1 Å². The molecule has 0 bridgehead atoms. The summed E-state index contributed by atoms with van der Waals surface area (Å²) in [6.45, 7) is 0.390. The van der Waals surface area contributed by atoms with Crippen LogP contribution < -0.4 is 10.5 Å². The van der Waals surface area contributed by atoms with Crippen molar-refractivity contribution in [3.63, 3.8) is 0 Å². The van der Waals surface area contributed by atoms with E-state index in [1.807, 2.05) is 48.5 Å². The number of aromatic hydroxyl groups is 1. The van der Waals surface area contributed by atoms with E-state index in [4.69, 9.17) is 10.5 Å². The number of benzene rings is 3.